The van der Waals surface area contributed by atoms with E-state index in [-0.39, 0.29) is 22.4 Å². The molecule has 0 bridgehead atoms. The normalized spacial score (nSPS) is 9.67. The molecule has 0 aromatic carbocycles. The van der Waals surface area contributed by atoms with Crippen molar-refractivity contribution in [2.75, 3.05) is 0 Å². The molecule has 0 aromatic heterocycles. The van der Waals surface area contributed by atoms with Crippen LogP contribution in [-0.2, 0) is 43.6 Å². The van der Waals surface area contributed by atoms with Crippen molar-refractivity contribution < 1.29 is 51.9 Å². The third-order valence-electron chi connectivity index (χ3n) is 0. The average Bonchev–Trinajstić information content (AvgIpc) is 0.722. The van der Waals surface area contributed by atoms with Gasteiger partial charge in [-0.25, -0.2) is 0 Å². The summed E-state index contributed by atoms with van der Waals surface area (Å²) in [5, 5.41) is 0. The molecule has 6 heavy (non-hydrogen) atoms. The Labute approximate surface area is 52.1 Å². The zero-order chi connectivity index (χ0) is 4.50. The SMILES string of the molecule is [Nb].[O]=[Cr](=[O])([OH])[OH]. The Morgan fingerprint density at radius 1 is 1.17 bits per heavy atom. The van der Waals surface area contributed by atoms with Gasteiger partial charge in [0.05, 0.1) is 0 Å². The molecule has 6 heteroatoms. The molecule has 0 amide bonds. The quantitative estimate of drug-likeness (QED) is 0.485. The Balaban J connectivity index is 0. The van der Waals surface area contributed by atoms with Crippen LogP contribution in [0.3, 0.4) is 0 Å². The van der Waals surface area contributed by atoms with Crippen LogP contribution in [0.1, 0.15) is 0 Å². The van der Waals surface area contributed by atoms with Crippen LogP contribution in [0.5, 0.6) is 0 Å². The second kappa shape index (κ2) is 2.88. The molecule has 0 unspecified atom stereocenters. The fraction of sp³-hybridized carbons (Fsp3) is 0. The monoisotopic (exact) mass is 211 g/mol. The van der Waals surface area contributed by atoms with Crippen LogP contribution in [0.25, 0.3) is 0 Å². The molecule has 0 saturated carbocycles. The third-order valence-corrected chi connectivity index (χ3v) is 0. The summed E-state index contributed by atoms with van der Waals surface area (Å²) in [5.74, 6) is 0. The first-order chi connectivity index (χ1) is 2.00. The van der Waals surface area contributed by atoms with Crippen LogP contribution in [0, 0.1) is 0 Å². The number of hydrogen-bond donors (Lipinski definition) is 2. The van der Waals surface area contributed by atoms with E-state index < -0.39 is 13.6 Å². The van der Waals surface area contributed by atoms with Crippen LogP contribution >= 0.6 is 0 Å². The maximum absolute atomic E-state index is 8.82. The van der Waals surface area contributed by atoms with Gasteiger partial charge in [-0.05, 0) is 0 Å². The van der Waals surface area contributed by atoms with E-state index in [1.165, 1.54) is 0 Å². The van der Waals surface area contributed by atoms with Crippen molar-refractivity contribution in [1.82, 2.24) is 0 Å². The van der Waals surface area contributed by atoms with Gasteiger partial charge in [-0.2, -0.15) is 0 Å². The summed E-state index contributed by atoms with van der Waals surface area (Å²) in [5.41, 5.74) is 0. The van der Waals surface area contributed by atoms with Crippen molar-refractivity contribution in [3.63, 3.8) is 0 Å². The van der Waals surface area contributed by atoms with Crippen LogP contribution in [0.15, 0.2) is 0 Å². The average molecular weight is 211 g/mol. The van der Waals surface area contributed by atoms with Gasteiger partial charge in [0, 0.05) is 22.4 Å². The standard InChI is InChI=1S/Cr.Nb.2H2O.2O/h;;2*1H2;;/q+2;;;;;/p-2. The summed E-state index contributed by atoms with van der Waals surface area (Å²) in [4.78, 5) is 0. The molecule has 0 heterocycles. The molecule has 4 nitrogen and oxygen atoms in total. The van der Waals surface area contributed by atoms with Crippen LogP contribution < -0.4 is 0 Å². The summed E-state index contributed by atoms with van der Waals surface area (Å²) >= 11 is -5.25. The Morgan fingerprint density at radius 2 is 1.17 bits per heavy atom. The van der Waals surface area contributed by atoms with Crippen molar-refractivity contribution >= 4 is 0 Å². The van der Waals surface area contributed by atoms with Gasteiger partial charge < -0.3 is 0 Å². The van der Waals surface area contributed by atoms with Crippen LogP contribution in [-0.4, -0.2) is 8.32 Å². The molecule has 0 aliphatic rings. The first-order valence-electron chi connectivity index (χ1n) is 0.698. The van der Waals surface area contributed by atoms with E-state index in [1.54, 1.807) is 0 Å². The van der Waals surface area contributed by atoms with Crippen molar-refractivity contribution in [1.29, 1.82) is 0 Å². The Morgan fingerprint density at radius 3 is 1.17 bits per heavy atom. The van der Waals surface area contributed by atoms with E-state index in [9.17, 15) is 0 Å². The van der Waals surface area contributed by atoms with Gasteiger partial charge in [0.25, 0.3) is 0 Å². The van der Waals surface area contributed by atoms with Crippen LogP contribution in [0.4, 0.5) is 0 Å². The van der Waals surface area contributed by atoms with E-state index in [2.05, 4.69) is 0 Å². The summed E-state index contributed by atoms with van der Waals surface area (Å²) in [7, 11) is 0. The second-order valence-electron chi connectivity index (χ2n) is 0.448. The summed E-state index contributed by atoms with van der Waals surface area (Å²) in [6.45, 7) is 0. The molecule has 0 atom stereocenters. The predicted molar refractivity (Wildman–Crippen MR) is 5.81 cm³/mol. The molecule has 37 valence electrons. The Bertz CT molecular complexity index is 90.7. The van der Waals surface area contributed by atoms with Gasteiger partial charge >= 0.3 is 29.5 Å². The van der Waals surface area contributed by atoms with Gasteiger partial charge in [0.15, 0.2) is 0 Å². The number of hydrogen-bond acceptors (Lipinski definition) is 2. The van der Waals surface area contributed by atoms with E-state index in [4.69, 9.17) is 15.9 Å². The molecule has 0 aliphatic carbocycles. The van der Waals surface area contributed by atoms with E-state index in [0.717, 1.165) is 0 Å². The predicted octanol–water partition coefficient (Wildman–Crippen LogP) is -1.36. The fourth-order valence-corrected chi connectivity index (χ4v) is 0. The topological polar surface area (TPSA) is 74.6 Å². The van der Waals surface area contributed by atoms with Crippen molar-refractivity contribution in [2.45, 2.75) is 0 Å². The molecule has 0 spiro atoms. The van der Waals surface area contributed by atoms with E-state index >= 15 is 0 Å². The van der Waals surface area contributed by atoms with Gasteiger partial charge in [-0.3, -0.25) is 0 Å². The van der Waals surface area contributed by atoms with Gasteiger partial charge in [-0.15, -0.1) is 0 Å². The summed E-state index contributed by atoms with van der Waals surface area (Å²) < 4.78 is 31.9. The molecule has 2 N–H and O–H groups in total. The molecule has 1 radical (unpaired) electrons. The summed E-state index contributed by atoms with van der Waals surface area (Å²) in [6.07, 6.45) is 0. The molecule has 0 fully saturated rings. The zero-order valence-corrected chi connectivity index (χ0v) is 6.04. The first-order valence-corrected chi connectivity index (χ1v) is 2.88. The molecule has 0 rings (SSSR count). The first kappa shape index (κ1) is 9.92. The second-order valence-corrected chi connectivity index (χ2v) is 1.85. The molecule has 0 saturated heterocycles. The van der Waals surface area contributed by atoms with E-state index in [1.807, 2.05) is 0 Å². The van der Waals surface area contributed by atoms with E-state index in [0.29, 0.717) is 0 Å². The van der Waals surface area contributed by atoms with Crippen molar-refractivity contribution in [3.8, 4) is 0 Å². The van der Waals surface area contributed by atoms with Crippen LogP contribution in [0.2, 0.25) is 0 Å². The molecular weight excluding hydrogens is 209 g/mol. The third kappa shape index (κ3) is 110. The maximum atomic E-state index is 8.82. The van der Waals surface area contributed by atoms with Gasteiger partial charge in [-0.1, -0.05) is 0 Å². The molecular formula is H2CrNbO4. The minimum absolute atomic E-state index is 0. The Hall–Kier alpha value is 0.793. The fourth-order valence-electron chi connectivity index (χ4n) is 0. The summed E-state index contributed by atoms with van der Waals surface area (Å²) in [6, 6.07) is 0. The van der Waals surface area contributed by atoms with Crippen molar-refractivity contribution in [3.05, 3.63) is 0 Å². The molecule has 0 aliphatic heterocycles. The molecule has 0 aromatic rings. The van der Waals surface area contributed by atoms with Crippen molar-refractivity contribution in [2.24, 2.45) is 0 Å². The zero-order valence-electron chi connectivity index (χ0n) is 2.57. The minimum atomic E-state index is -5.25. The van der Waals surface area contributed by atoms with Gasteiger partial charge in [0.1, 0.15) is 0 Å². The number of rotatable bonds is 0. The Kier molecular flexibility index (Phi) is 4.77. The van der Waals surface area contributed by atoms with Gasteiger partial charge in [0.2, 0.25) is 0 Å².